The monoisotopic (exact) mass is 480 g/mol. The Morgan fingerprint density at radius 3 is 2.78 bits per heavy atom. The molecule has 0 spiro atoms. The maximum absolute atomic E-state index is 13.4. The minimum absolute atomic E-state index is 0.0182. The van der Waals surface area contributed by atoms with Crippen LogP contribution in [0, 0.1) is 6.92 Å². The lowest BCUT2D eigenvalue weighted by molar-refractivity contribution is -0.116. The number of benzene rings is 2. The van der Waals surface area contributed by atoms with Crippen molar-refractivity contribution in [1.29, 1.82) is 0 Å². The number of rotatable bonds is 6. The standard InChI is InChI=1S/C23H20N4O2S3/c1-15-24-17(12-30-15)11-21-25-26-23(29-21)32-14-22(28)27-18-9-5-6-10-20(18)31-13-19(27)16-7-3-2-4-8-16/h2-10,12,19H,11,13-14H2,1H3/t19-/m0/s1. The van der Waals surface area contributed by atoms with Crippen LogP contribution in [0.15, 0.2) is 74.5 Å². The Bertz CT molecular complexity index is 1220. The molecule has 1 aliphatic heterocycles. The molecule has 1 amide bonds. The Balaban J connectivity index is 1.32. The highest BCUT2D eigenvalue weighted by molar-refractivity contribution is 8.00. The first kappa shape index (κ1) is 21.2. The molecule has 3 heterocycles. The Morgan fingerprint density at radius 2 is 1.97 bits per heavy atom. The van der Waals surface area contributed by atoms with Crippen LogP contribution in [0.4, 0.5) is 5.69 Å². The summed E-state index contributed by atoms with van der Waals surface area (Å²) in [6.45, 7) is 1.97. The SMILES string of the molecule is Cc1nc(Cc2nnc(SCC(=O)N3c4ccccc4SC[C@H]3c3ccccc3)o2)cs1. The molecule has 9 heteroatoms. The van der Waals surface area contributed by atoms with Crippen molar-refractivity contribution < 1.29 is 9.21 Å². The van der Waals surface area contributed by atoms with Crippen LogP contribution in [0.25, 0.3) is 0 Å². The van der Waals surface area contributed by atoms with Gasteiger partial charge < -0.3 is 9.32 Å². The van der Waals surface area contributed by atoms with Gasteiger partial charge in [0.2, 0.25) is 11.8 Å². The molecule has 5 rings (SSSR count). The smallest absolute Gasteiger partial charge is 0.277 e. The van der Waals surface area contributed by atoms with E-state index >= 15 is 0 Å². The van der Waals surface area contributed by atoms with Crippen molar-refractivity contribution >= 4 is 46.5 Å². The predicted molar refractivity (Wildman–Crippen MR) is 129 cm³/mol. The lowest BCUT2D eigenvalue weighted by Crippen LogP contribution is -2.39. The normalized spacial score (nSPS) is 15.5. The van der Waals surface area contributed by atoms with E-state index in [1.807, 2.05) is 53.6 Å². The van der Waals surface area contributed by atoms with Crippen molar-refractivity contribution in [2.45, 2.75) is 29.5 Å². The van der Waals surface area contributed by atoms with Gasteiger partial charge >= 0.3 is 0 Å². The fourth-order valence-corrected chi connectivity index (χ4v) is 6.04. The molecule has 0 radical (unpaired) electrons. The van der Waals surface area contributed by atoms with E-state index in [0.717, 1.165) is 32.6 Å². The number of thiazole rings is 1. The molecule has 0 aliphatic carbocycles. The van der Waals surface area contributed by atoms with Gasteiger partial charge in [-0.2, -0.15) is 0 Å². The number of carbonyl (C=O) groups is 1. The van der Waals surface area contributed by atoms with Crippen molar-refractivity contribution in [3.05, 3.63) is 82.1 Å². The molecule has 0 saturated heterocycles. The molecule has 0 N–H and O–H groups in total. The van der Waals surface area contributed by atoms with Gasteiger partial charge in [0.25, 0.3) is 5.22 Å². The van der Waals surface area contributed by atoms with Crippen molar-refractivity contribution in [1.82, 2.24) is 15.2 Å². The first-order valence-corrected chi connectivity index (χ1v) is 13.0. The molecule has 0 unspecified atom stereocenters. The molecule has 162 valence electrons. The van der Waals surface area contributed by atoms with Crippen LogP contribution in [0.3, 0.4) is 0 Å². The number of thioether (sulfide) groups is 2. The highest BCUT2D eigenvalue weighted by Crippen LogP contribution is 2.43. The van der Waals surface area contributed by atoms with Crippen LogP contribution in [0.1, 0.15) is 28.2 Å². The molecule has 0 bridgehead atoms. The molecule has 1 aliphatic rings. The Hall–Kier alpha value is -2.62. The summed E-state index contributed by atoms with van der Waals surface area (Å²) in [6, 6.07) is 18.2. The van der Waals surface area contributed by atoms with Crippen molar-refractivity contribution in [3.63, 3.8) is 0 Å². The van der Waals surface area contributed by atoms with Crippen LogP contribution in [0.5, 0.6) is 0 Å². The third-order valence-electron chi connectivity index (χ3n) is 5.05. The molecular formula is C23H20N4O2S3. The molecule has 4 aromatic rings. The summed E-state index contributed by atoms with van der Waals surface area (Å²) >= 11 is 4.66. The van der Waals surface area contributed by atoms with Gasteiger partial charge in [-0.15, -0.1) is 33.3 Å². The molecule has 2 aromatic heterocycles. The van der Waals surface area contributed by atoms with Crippen LogP contribution in [-0.4, -0.2) is 32.6 Å². The van der Waals surface area contributed by atoms with Crippen LogP contribution >= 0.6 is 34.9 Å². The lowest BCUT2D eigenvalue weighted by atomic mass is 10.1. The zero-order valence-corrected chi connectivity index (χ0v) is 19.8. The van der Waals surface area contributed by atoms with E-state index < -0.39 is 0 Å². The molecule has 1 atom stereocenters. The second-order valence-electron chi connectivity index (χ2n) is 7.25. The number of aryl methyl sites for hydroxylation is 1. The van der Waals surface area contributed by atoms with Crippen molar-refractivity contribution in [2.24, 2.45) is 0 Å². The topological polar surface area (TPSA) is 72.1 Å². The van der Waals surface area contributed by atoms with Gasteiger partial charge in [0.15, 0.2) is 0 Å². The number of carbonyl (C=O) groups excluding carboxylic acids is 1. The average Bonchev–Trinajstić information content (AvgIpc) is 3.45. The minimum atomic E-state index is -0.0182. The van der Waals surface area contributed by atoms with Gasteiger partial charge in [0.1, 0.15) is 0 Å². The summed E-state index contributed by atoms with van der Waals surface area (Å²) in [6.07, 6.45) is 0.499. The van der Waals surface area contributed by atoms with Gasteiger partial charge in [-0.05, 0) is 24.6 Å². The van der Waals surface area contributed by atoms with Crippen LogP contribution < -0.4 is 4.90 Å². The van der Waals surface area contributed by atoms with E-state index in [2.05, 4.69) is 33.4 Å². The van der Waals surface area contributed by atoms with Gasteiger partial charge in [-0.25, -0.2) is 4.98 Å². The summed E-state index contributed by atoms with van der Waals surface area (Å²) in [4.78, 5) is 20.9. The second kappa shape index (κ2) is 9.48. The summed E-state index contributed by atoms with van der Waals surface area (Å²) in [5.41, 5.74) is 3.00. The predicted octanol–water partition coefficient (Wildman–Crippen LogP) is 5.40. The quantitative estimate of drug-likeness (QED) is 0.342. The third kappa shape index (κ3) is 4.60. The number of amides is 1. The fourth-order valence-electron chi connectivity index (χ4n) is 3.62. The average molecular weight is 481 g/mol. The summed E-state index contributed by atoms with van der Waals surface area (Å²) in [5.74, 6) is 1.56. The van der Waals surface area contributed by atoms with E-state index in [-0.39, 0.29) is 17.7 Å². The number of anilines is 1. The third-order valence-corrected chi connectivity index (χ3v) is 7.82. The van der Waals surface area contributed by atoms with Gasteiger partial charge in [-0.1, -0.05) is 54.2 Å². The molecule has 32 heavy (non-hydrogen) atoms. The molecule has 0 saturated carbocycles. The first-order chi connectivity index (χ1) is 15.7. The van der Waals surface area contributed by atoms with Crippen LogP contribution in [0.2, 0.25) is 0 Å². The largest absolute Gasteiger partial charge is 0.416 e. The molecular weight excluding hydrogens is 460 g/mol. The van der Waals surface area contributed by atoms with Gasteiger partial charge in [-0.3, -0.25) is 4.79 Å². The summed E-state index contributed by atoms with van der Waals surface area (Å²) < 4.78 is 5.75. The summed E-state index contributed by atoms with van der Waals surface area (Å²) in [7, 11) is 0. The van der Waals surface area contributed by atoms with Crippen molar-refractivity contribution in [2.75, 3.05) is 16.4 Å². The van der Waals surface area contributed by atoms with Crippen molar-refractivity contribution in [3.8, 4) is 0 Å². The van der Waals surface area contributed by atoms with E-state index in [4.69, 9.17) is 4.42 Å². The second-order valence-corrected chi connectivity index (χ2v) is 10.3. The van der Waals surface area contributed by atoms with E-state index in [1.54, 1.807) is 23.1 Å². The van der Waals surface area contributed by atoms with Crippen LogP contribution in [-0.2, 0) is 11.2 Å². The highest BCUT2D eigenvalue weighted by Gasteiger charge is 2.32. The Kier molecular flexibility index (Phi) is 6.29. The maximum Gasteiger partial charge on any atom is 0.277 e. The molecule has 2 aromatic carbocycles. The van der Waals surface area contributed by atoms with Gasteiger partial charge in [0.05, 0.1) is 34.6 Å². The summed E-state index contributed by atoms with van der Waals surface area (Å²) in [5, 5.41) is 11.6. The van der Waals surface area contributed by atoms with E-state index in [0.29, 0.717) is 17.5 Å². The van der Waals surface area contributed by atoms with E-state index in [9.17, 15) is 4.79 Å². The zero-order chi connectivity index (χ0) is 21.9. The number of nitrogens with zero attached hydrogens (tertiary/aromatic N) is 4. The highest BCUT2D eigenvalue weighted by atomic mass is 32.2. The number of para-hydroxylation sites is 1. The number of aromatic nitrogens is 3. The molecule has 0 fully saturated rings. The first-order valence-electron chi connectivity index (χ1n) is 10.1. The lowest BCUT2D eigenvalue weighted by Gasteiger charge is -2.37. The zero-order valence-electron chi connectivity index (χ0n) is 17.3. The van der Waals surface area contributed by atoms with Gasteiger partial charge in [0, 0.05) is 16.0 Å². The number of hydrogen-bond acceptors (Lipinski definition) is 8. The maximum atomic E-state index is 13.4. The number of fused-ring (bicyclic) bond motifs is 1. The van der Waals surface area contributed by atoms with E-state index in [1.165, 1.54) is 11.8 Å². The number of hydrogen-bond donors (Lipinski definition) is 0. The molecule has 6 nitrogen and oxygen atoms in total. The fraction of sp³-hybridized carbons (Fsp3) is 0.217. The minimum Gasteiger partial charge on any atom is -0.416 e. The Morgan fingerprint density at radius 1 is 1.16 bits per heavy atom. The Labute approximate surface area is 198 Å².